The van der Waals surface area contributed by atoms with Crippen molar-refractivity contribution in [3.8, 4) is 0 Å². The average Bonchev–Trinajstić information content (AvgIpc) is 3.13. The van der Waals surface area contributed by atoms with Crippen LogP contribution < -0.4 is 10.2 Å². The zero-order chi connectivity index (χ0) is 16.4. The number of amides is 2. The van der Waals surface area contributed by atoms with Crippen LogP contribution in [-0.4, -0.2) is 23.3 Å². The van der Waals surface area contributed by atoms with Crippen LogP contribution >= 0.6 is 11.3 Å². The van der Waals surface area contributed by atoms with Crippen molar-refractivity contribution in [3.05, 3.63) is 40.9 Å². The summed E-state index contributed by atoms with van der Waals surface area (Å²) in [6.45, 7) is 4.44. The van der Waals surface area contributed by atoms with E-state index in [-0.39, 0.29) is 24.2 Å². The standard InChI is InChI=1S/C17H19N3O2S/c1-3-12-5-4-6-14(7-12)20-10-13(8-15(20)21)16(22)19-17-18-9-11(2)23-17/h4-7,9,13H,3,8,10H2,1-2H3,(H,18,19,22)/t13-/m1/s1. The zero-order valence-electron chi connectivity index (χ0n) is 13.2. The lowest BCUT2D eigenvalue weighted by atomic mass is 10.1. The van der Waals surface area contributed by atoms with Gasteiger partial charge in [0.2, 0.25) is 11.8 Å². The third kappa shape index (κ3) is 3.42. The highest BCUT2D eigenvalue weighted by molar-refractivity contribution is 7.15. The highest BCUT2D eigenvalue weighted by Crippen LogP contribution is 2.27. The molecule has 0 saturated carbocycles. The molecular weight excluding hydrogens is 310 g/mol. The molecule has 2 heterocycles. The van der Waals surface area contributed by atoms with Crippen LogP contribution in [0.25, 0.3) is 0 Å². The minimum Gasteiger partial charge on any atom is -0.312 e. The molecule has 2 amide bonds. The molecule has 0 unspecified atom stereocenters. The Morgan fingerprint density at radius 2 is 2.30 bits per heavy atom. The molecule has 0 bridgehead atoms. The number of thiazole rings is 1. The molecule has 1 saturated heterocycles. The van der Waals surface area contributed by atoms with Crippen molar-refractivity contribution in [2.75, 3.05) is 16.8 Å². The van der Waals surface area contributed by atoms with E-state index in [0.29, 0.717) is 11.7 Å². The van der Waals surface area contributed by atoms with E-state index in [1.165, 1.54) is 16.9 Å². The predicted octanol–water partition coefficient (Wildman–Crippen LogP) is 3.01. The number of benzene rings is 1. The fourth-order valence-electron chi connectivity index (χ4n) is 2.70. The number of nitrogens with one attached hydrogen (secondary N) is 1. The maximum absolute atomic E-state index is 12.3. The van der Waals surface area contributed by atoms with Crippen molar-refractivity contribution >= 4 is 34.0 Å². The van der Waals surface area contributed by atoms with E-state index in [2.05, 4.69) is 17.2 Å². The monoisotopic (exact) mass is 329 g/mol. The van der Waals surface area contributed by atoms with Gasteiger partial charge in [-0.05, 0) is 31.0 Å². The van der Waals surface area contributed by atoms with E-state index >= 15 is 0 Å². The Balaban J connectivity index is 1.70. The second kappa shape index (κ2) is 6.50. The molecule has 6 heteroatoms. The minimum atomic E-state index is -0.336. The highest BCUT2D eigenvalue weighted by Gasteiger charge is 2.35. The van der Waals surface area contributed by atoms with Gasteiger partial charge >= 0.3 is 0 Å². The van der Waals surface area contributed by atoms with Gasteiger partial charge in [0.1, 0.15) is 0 Å². The fraction of sp³-hybridized carbons (Fsp3) is 0.353. The summed E-state index contributed by atoms with van der Waals surface area (Å²) in [7, 11) is 0. The van der Waals surface area contributed by atoms with E-state index < -0.39 is 0 Å². The third-order valence-electron chi connectivity index (χ3n) is 3.98. The normalized spacial score (nSPS) is 17.6. The van der Waals surface area contributed by atoms with E-state index in [1.807, 2.05) is 31.2 Å². The van der Waals surface area contributed by atoms with Crippen LogP contribution in [-0.2, 0) is 16.0 Å². The molecule has 23 heavy (non-hydrogen) atoms. The van der Waals surface area contributed by atoms with Crippen molar-refractivity contribution in [1.82, 2.24) is 4.98 Å². The highest BCUT2D eigenvalue weighted by atomic mass is 32.1. The lowest BCUT2D eigenvalue weighted by Gasteiger charge is -2.17. The summed E-state index contributed by atoms with van der Waals surface area (Å²) in [5, 5.41) is 3.40. The number of aromatic nitrogens is 1. The summed E-state index contributed by atoms with van der Waals surface area (Å²) in [6.07, 6.45) is 2.89. The Kier molecular flexibility index (Phi) is 4.43. The number of hydrogen-bond acceptors (Lipinski definition) is 4. The summed E-state index contributed by atoms with van der Waals surface area (Å²) in [4.78, 5) is 31.5. The van der Waals surface area contributed by atoms with Gasteiger partial charge in [-0.25, -0.2) is 4.98 Å². The SMILES string of the molecule is CCc1cccc(N2C[C@H](C(=O)Nc3ncc(C)s3)CC2=O)c1. The molecule has 1 atom stereocenters. The van der Waals surface area contributed by atoms with Gasteiger partial charge in [0.25, 0.3) is 0 Å². The van der Waals surface area contributed by atoms with Gasteiger partial charge in [-0.1, -0.05) is 19.1 Å². The lowest BCUT2D eigenvalue weighted by Crippen LogP contribution is -2.28. The molecule has 1 N–H and O–H groups in total. The van der Waals surface area contributed by atoms with E-state index in [1.54, 1.807) is 11.1 Å². The number of hydrogen-bond donors (Lipinski definition) is 1. The molecule has 1 aliphatic heterocycles. The van der Waals surface area contributed by atoms with E-state index in [0.717, 1.165) is 17.0 Å². The maximum Gasteiger partial charge on any atom is 0.231 e. The molecular formula is C17H19N3O2S. The summed E-state index contributed by atoms with van der Waals surface area (Å²) in [5.74, 6) is -0.479. The second-order valence-corrected chi connectivity index (χ2v) is 6.93. The Morgan fingerprint density at radius 1 is 1.48 bits per heavy atom. The summed E-state index contributed by atoms with van der Waals surface area (Å²) in [5.41, 5.74) is 2.05. The zero-order valence-corrected chi connectivity index (χ0v) is 14.0. The Morgan fingerprint density at radius 3 is 3.00 bits per heavy atom. The lowest BCUT2D eigenvalue weighted by molar-refractivity contribution is -0.122. The molecule has 0 spiro atoms. The van der Waals surface area contributed by atoms with Crippen LogP contribution in [0.4, 0.5) is 10.8 Å². The molecule has 0 radical (unpaired) electrons. The molecule has 2 aromatic rings. The summed E-state index contributed by atoms with van der Waals surface area (Å²) in [6, 6.07) is 7.93. The number of nitrogens with zero attached hydrogens (tertiary/aromatic N) is 2. The topological polar surface area (TPSA) is 62.3 Å². The van der Waals surface area contributed by atoms with Crippen LogP contribution in [0.15, 0.2) is 30.5 Å². The first-order valence-electron chi connectivity index (χ1n) is 7.69. The molecule has 120 valence electrons. The first-order chi connectivity index (χ1) is 11.1. The number of aryl methyl sites for hydroxylation is 2. The summed E-state index contributed by atoms with van der Waals surface area (Å²) >= 11 is 1.44. The van der Waals surface area contributed by atoms with Crippen LogP contribution in [0.5, 0.6) is 0 Å². The van der Waals surface area contributed by atoms with Crippen molar-refractivity contribution in [2.45, 2.75) is 26.7 Å². The van der Waals surface area contributed by atoms with Gasteiger partial charge < -0.3 is 10.2 Å². The van der Waals surface area contributed by atoms with Gasteiger partial charge in [-0.2, -0.15) is 0 Å². The minimum absolute atomic E-state index is 0.00581. The average molecular weight is 329 g/mol. The van der Waals surface area contributed by atoms with Crippen molar-refractivity contribution < 1.29 is 9.59 Å². The van der Waals surface area contributed by atoms with Gasteiger partial charge in [0.05, 0.1) is 5.92 Å². The molecule has 0 aliphatic carbocycles. The van der Waals surface area contributed by atoms with Crippen LogP contribution in [0.3, 0.4) is 0 Å². The smallest absolute Gasteiger partial charge is 0.231 e. The second-order valence-electron chi connectivity index (χ2n) is 5.69. The number of rotatable bonds is 4. The van der Waals surface area contributed by atoms with Gasteiger partial charge in [0, 0.05) is 29.7 Å². The first-order valence-corrected chi connectivity index (χ1v) is 8.51. The maximum atomic E-state index is 12.3. The Bertz CT molecular complexity index is 741. The third-order valence-corrected chi connectivity index (χ3v) is 4.81. The number of carbonyl (C=O) groups excluding carboxylic acids is 2. The van der Waals surface area contributed by atoms with Gasteiger partial charge in [0.15, 0.2) is 5.13 Å². The Hall–Kier alpha value is -2.21. The van der Waals surface area contributed by atoms with Gasteiger partial charge in [-0.15, -0.1) is 11.3 Å². The largest absolute Gasteiger partial charge is 0.312 e. The summed E-state index contributed by atoms with van der Waals surface area (Å²) < 4.78 is 0. The first kappa shape index (κ1) is 15.7. The van der Waals surface area contributed by atoms with Crippen molar-refractivity contribution in [1.29, 1.82) is 0 Å². The number of carbonyl (C=O) groups is 2. The molecule has 1 aromatic heterocycles. The molecule has 1 aromatic carbocycles. The van der Waals surface area contributed by atoms with Gasteiger partial charge in [-0.3, -0.25) is 9.59 Å². The van der Waals surface area contributed by atoms with Crippen LogP contribution in [0.1, 0.15) is 23.8 Å². The van der Waals surface area contributed by atoms with Crippen molar-refractivity contribution in [2.24, 2.45) is 5.92 Å². The molecule has 1 aliphatic rings. The van der Waals surface area contributed by atoms with Crippen molar-refractivity contribution in [3.63, 3.8) is 0 Å². The molecule has 1 fully saturated rings. The fourth-order valence-corrected chi connectivity index (χ4v) is 3.36. The van der Waals surface area contributed by atoms with E-state index in [4.69, 9.17) is 0 Å². The molecule has 5 nitrogen and oxygen atoms in total. The quantitative estimate of drug-likeness (QED) is 0.938. The van der Waals surface area contributed by atoms with Crippen LogP contribution in [0, 0.1) is 12.8 Å². The predicted molar refractivity (Wildman–Crippen MR) is 91.8 cm³/mol. The number of anilines is 2. The van der Waals surface area contributed by atoms with E-state index in [9.17, 15) is 9.59 Å². The van der Waals surface area contributed by atoms with Crippen LogP contribution in [0.2, 0.25) is 0 Å². The molecule has 3 rings (SSSR count). The Labute approximate surface area is 139 Å².